The van der Waals surface area contributed by atoms with E-state index in [0.29, 0.717) is 5.88 Å². The third kappa shape index (κ3) is 1.94. The standard InChI is InChI=1S/C13H14ClIN2O/c1-13(4-5-18-8-13)17-11-3-2-9(15)6-10(11)16-12(17)7-14/h2-3,6H,4-5,7-8H2,1H3. The van der Waals surface area contributed by atoms with Crippen LogP contribution in [0.25, 0.3) is 11.0 Å². The lowest BCUT2D eigenvalue weighted by Crippen LogP contribution is -2.31. The van der Waals surface area contributed by atoms with Crippen molar-refractivity contribution in [1.82, 2.24) is 9.55 Å². The van der Waals surface area contributed by atoms with E-state index in [0.717, 1.165) is 36.5 Å². The quantitative estimate of drug-likeness (QED) is 0.592. The van der Waals surface area contributed by atoms with E-state index < -0.39 is 0 Å². The van der Waals surface area contributed by atoms with Crippen LogP contribution in [0.15, 0.2) is 18.2 Å². The summed E-state index contributed by atoms with van der Waals surface area (Å²) in [5.41, 5.74) is 2.15. The number of halogens is 2. The van der Waals surface area contributed by atoms with Gasteiger partial charge in [-0.3, -0.25) is 0 Å². The second-order valence-corrected chi connectivity index (χ2v) is 6.44. The van der Waals surface area contributed by atoms with Gasteiger partial charge >= 0.3 is 0 Å². The van der Waals surface area contributed by atoms with Crippen LogP contribution in [0, 0.1) is 3.57 Å². The summed E-state index contributed by atoms with van der Waals surface area (Å²) < 4.78 is 9.02. The topological polar surface area (TPSA) is 27.1 Å². The van der Waals surface area contributed by atoms with Crippen molar-refractivity contribution in [3.05, 3.63) is 27.6 Å². The Balaban J connectivity index is 2.25. The predicted molar refractivity (Wildman–Crippen MR) is 81.1 cm³/mol. The first-order valence-electron chi connectivity index (χ1n) is 5.95. The zero-order valence-electron chi connectivity index (χ0n) is 10.1. The highest BCUT2D eigenvalue weighted by Gasteiger charge is 2.34. The van der Waals surface area contributed by atoms with Gasteiger partial charge in [-0.15, -0.1) is 11.6 Å². The molecule has 0 amide bonds. The number of rotatable bonds is 2. The molecular formula is C13H14ClIN2O. The van der Waals surface area contributed by atoms with E-state index in [-0.39, 0.29) is 5.54 Å². The monoisotopic (exact) mass is 376 g/mol. The van der Waals surface area contributed by atoms with Crippen LogP contribution in [-0.4, -0.2) is 22.8 Å². The number of imidazole rings is 1. The number of hydrogen-bond acceptors (Lipinski definition) is 2. The van der Waals surface area contributed by atoms with Crippen molar-refractivity contribution < 1.29 is 4.74 Å². The Labute approximate surface area is 125 Å². The maximum atomic E-state index is 6.06. The molecule has 3 rings (SSSR count). The second-order valence-electron chi connectivity index (χ2n) is 4.93. The van der Waals surface area contributed by atoms with Crippen LogP contribution in [0.2, 0.25) is 0 Å². The van der Waals surface area contributed by atoms with Crippen LogP contribution in [0.5, 0.6) is 0 Å². The van der Waals surface area contributed by atoms with Crippen LogP contribution in [0.4, 0.5) is 0 Å². The van der Waals surface area contributed by atoms with Crippen molar-refractivity contribution in [2.75, 3.05) is 13.2 Å². The highest BCUT2D eigenvalue weighted by Crippen LogP contribution is 2.33. The van der Waals surface area contributed by atoms with Gasteiger partial charge in [0.25, 0.3) is 0 Å². The Morgan fingerprint density at radius 2 is 2.39 bits per heavy atom. The van der Waals surface area contributed by atoms with Crippen LogP contribution in [0.1, 0.15) is 19.2 Å². The lowest BCUT2D eigenvalue weighted by atomic mass is 10.0. The Morgan fingerprint density at radius 1 is 1.56 bits per heavy atom. The number of benzene rings is 1. The molecular weight excluding hydrogens is 363 g/mol. The van der Waals surface area contributed by atoms with Crippen LogP contribution in [0.3, 0.4) is 0 Å². The molecule has 2 heterocycles. The van der Waals surface area contributed by atoms with E-state index in [1.54, 1.807) is 0 Å². The van der Waals surface area contributed by atoms with E-state index in [4.69, 9.17) is 16.3 Å². The Hall–Kier alpha value is -0.330. The van der Waals surface area contributed by atoms with Crippen LogP contribution in [-0.2, 0) is 16.2 Å². The van der Waals surface area contributed by atoms with Gasteiger partial charge in [-0.2, -0.15) is 0 Å². The Morgan fingerprint density at radius 3 is 3.06 bits per heavy atom. The highest BCUT2D eigenvalue weighted by atomic mass is 127. The van der Waals surface area contributed by atoms with Crippen molar-refractivity contribution in [2.24, 2.45) is 0 Å². The van der Waals surface area contributed by atoms with E-state index >= 15 is 0 Å². The van der Waals surface area contributed by atoms with Gasteiger partial charge in [0, 0.05) is 10.2 Å². The third-order valence-corrected chi connectivity index (χ3v) is 4.45. The van der Waals surface area contributed by atoms with Crippen molar-refractivity contribution in [1.29, 1.82) is 0 Å². The molecule has 1 atom stereocenters. The maximum Gasteiger partial charge on any atom is 0.125 e. The molecule has 0 saturated carbocycles. The molecule has 1 aromatic heterocycles. The number of aromatic nitrogens is 2. The first kappa shape index (κ1) is 12.7. The fraction of sp³-hybridized carbons (Fsp3) is 0.462. The largest absolute Gasteiger partial charge is 0.379 e. The fourth-order valence-electron chi connectivity index (χ4n) is 2.63. The van der Waals surface area contributed by atoms with Gasteiger partial charge in [0.15, 0.2) is 0 Å². The molecule has 18 heavy (non-hydrogen) atoms. The summed E-state index contributed by atoms with van der Waals surface area (Å²) in [4.78, 5) is 4.65. The van der Waals surface area contributed by atoms with Crippen LogP contribution < -0.4 is 0 Å². The average Bonchev–Trinajstić information content (AvgIpc) is 2.92. The molecule has 1 aromatic carbocycles. The van der Waals surface area contributed by atoms with Crippen molar-refractivity contribution in [3.8, 4) is 0 Å². The van der Waals surface area contributed by atoms with Crippen LogP contribution >= 0.6 is 34.2 Å². The zero-order chi connectivity index (χ0) is 12.8. The molecule has 0 aliphatic carbocycles. The summed E-state index contributed by atoms with van der Waals surface area (Å²) in [6, 6.07) is 6.34. The Kier molecular flexibility index (Phi) is 3.28. The second kappa shape index (κ2) is 4.65. The van der Waals surface area contributed by atoms with E-state index in [2.05, 4.69) is 57.3 Å². The van der Waals surface area contributed by atoms with Crippen molar-refractivity contribution in [3.63, 3.8) is 0 Å². The molecule has 96 valence electrons. The summed E-state index contributed by atoms with van der Waals surface area (Å²) >= 11 is 8.36. The SMILES string of the molecule is CC1(n2c(CCl)nc3cc(I)ccc32)CCOC1. The minimum absolute atomic E-state index is 0.0221. The normalized spacial score (nSPS) is 23.9. The Bertz CT molecular complexity index is 590. The minimum Gasteiger partial charge on any atom is -0.379 e. The van der Waals surface area contributed by atoms with Crippen molar-refractivity contribution >= 4 is 45.2 Å². The molecule has 0 N–H and O–H groups in total. The van der Waals surface area contributed by atoms with Gasteiger partial charge in [-0.1, -0.05) is 0 Å². The predicted octanol–water partition coefficient (Wildman–Crippen LogP) is 3.52. The van der Waals surface area contributed by atoms with E-state index in [1.165, 1.54) is 3.57 Å². The first-order valence-corrected chi connectivity index (χ1v) is 7.56. The molecule has 1 unspecified atom stereocenters. The molecule has 5 heteroatoms. The molecule has 1 fully saturated rings. The fourth-order valence-corrected chi connectivity index (χ4v) is 3.28. The molecule has 2 aromatic rings. The third-order valence-electron chi connectivity index (χ3n) is 3.54. The molecule has 1 aliphatic heterocycles. The number of alkyl halides is 1. The number of ether oxygens (including phenoxy) is 1. The van der Waals surface area contributed by atoms with Gasteiger partial charge in [-0.05, 0) is 54.1 Å². The molecule has 1 aliphatic rings. The average molecular weight is 377 g/mol. The minimum atomic E-state index is -0.0221. The van der Waals surface area contributed by atoms with Gasteiger partial charge in [-0.25, -0.2) is 4.98 Å². The molecule has 1 saturated heterocycles. The van der Waals surface area contributed by atoms with Gasteiger partial charge < -0.3 is 9.30 Å². The molecule has 0 bridgehead atoms. The summed E-state index contributed by atoms with van der Waals surface area (Å²) in [6.45, 7) is 3.76. The zero-order valence-corrected chi connectivity index (χ0v) is 13.0. The summed E-state index contributed by atoms with van der Waals surface area (Å²) in [7, 11) is 0. The number of hydrogen-bond donors (Lipinski definition) is 0. The smallest absolute Gasteiger partial charge is 0.125 e. The van der Waals surface area contributed by atoms with Crippen molar-refractivity contribution in [2.45, 2.75) is 24.8 Å². The highest BCUT2D eigenvalue weighted by molar-refractivity contribution is 14.1. The maximum absolute atomic E-state index is 6.06. The van der Waals surface area contributed by atoms with Gasteiger partial charge in [0.05, 0.1) is 29.1 Å². The molecule has 3 nitrogen and oxygen atoms in total. The molecule has 0 radical (unpaired) electrons. The van der Waals surface area contributed by atoms with E-state index in [1.807, 2.05) is 0 Å². The lowest BCUT2D eigenvalue weighted by Gasteiger charge is -2.26. The summed E-state index contributed by atoms with van der Waals surface area (Å²) in [6.07, 6.45) is 1.01. The number of nitrogens with zero attached hydrogens (tertiary/aromatic N) is 2. The summed E-state index contributed by atoms with van der Waals surface area (Å²) in [5.74, 6) is 1.36. The van der Waals surface area contributed by atoms with Gasteiger partial charge in [0.2, 0.25) is 0 Å². The molecule has 0 spiro atoms. The first-order chi connectivity index (χ1) is 8.64. The number of fused-ring (bicyclic) bond motifs is 1. The van der Waals surface area contributed by atoms with E-state index in [9.17, 15) is 0 Å². The van der Waals surface area contributed by atoms with Gasteiger partial charge in [0.1, 0.15) is 5.82 Å². The lowest BCUT2D eigenvalue weighted by molar-refractivity contribution is 0.162. The summed E-state index contributed by atoms with van der Waals surface area (Å²) in [5, 5.41) is 0.